The Balaban J connectivity index is 3.22. The first-order chi connectivity index (χ1) is 8.21. The Bertz CT molecular complexity index is 359. The Morgan fingerprint density at radius 3 is 1.28 bits per heavy atom. The van der Waals surface area contributed by atoms with E-state index in [1.165, 1.54) is 0 Å². The molecule has 0 heterocycles. The van der Waals surface area contributed by atoms with Crippen LogP contribution in [0.15, 0.2) is 0 Å². The summed E-state index contributed by atoms with van der Waals surface area (Å²) in [5.41, 5.74) is 0. The van der Waals surface area contributed by atoms with Gasteiger partial charge in [0.15, 0.2) is 0 Å². The van der Waals surface area contributed by atoms with Crippen LogP contribution in [0, 0.1) is 0 Å². The predicted octanol–water partition coefficient (Wildman–Crippen LogP) is -0.425. The van der Waals surface area contributed by atoms with Gasteiger partial charge in [-0.25, -0.2) is 0 Å². The number of ether oxygens (including phenoxy) is 2. The lowest BCUT2D eigenvalue weighted by molar-refractivity contribution is 0.0484. The van der Waals surface area contributed by atoms with Crippen LogP contribution in [0.4, 0.5) is 0 Å². The third kappa shape index (κ3) is 15.7. The van der Waals surface area contributed by atoms with Crippen LogP contribution in [-0.2, 0) is 29.7 Å². The monoisotopic (exact) mass is 306 g/mol. The fourth-order valence-corrected chi connectivity index (χ4v) is 1.97. The molecule has 0 aromatic rings. The smallest absolute Gasteiger partial charge is 0.264 e. The van der Waals surface area contributed by atoms with E-state index in [0.717, 1.165) is 0 Å². The standard InChI is InChI=1S/C8H18O8S2/c9-17(10,11)7-1-3-15-5-6-16-4-2-8-18(12,13)14/h1-8H2,(H,9,10,11)(H,12,13,14). The first kappa shape index (κ1) is 17.7. The summed E-state index contributed by atoms with van der Waals surface area (Å²) in [4.78, 5) is 0. The van der Waals surface area contributed by atoms with Gasteiger partial charge < -0.3 is 9.47 Å². The van der Waals surface area contributed by atoms with Gasteiger partial charge in [-0.2, -0.15) is 16.8 Å². The normalized spacial score (nSPS) is 12.8. The molecule has 110 valence electrons. The summed E-state index contributed by atoms with van der Waals surface area (Å²) in [6, 6.07) is 0. The molecule has 0 saturated carbocycles. The first-order valence-electron chi connectivity index (χ1n) is 5.26. The molecule has 0 aromatic carbocycles. The van der Waals surface area contributed by atoms with Gasteiger partial charge in [-0.1, -0.05) is 0 Å². The van der Waals surface area contributed by atoms with Crippen LogP contribution in [0.3, 0.4) is 0 Å². The van der Waals surface area contributed by atoms with Crippen LogP contribution in [-0.4, -0.2) is 63.9 Å². The molecule has 0 radical (unpaired) electrons. The molecule has 0 bridgehead atoms. The lowest BCUT2D eigenvalue weighted by Crippen LogP contribution is -2.11. The molecule has 2 N–H and O–H groups in total. The molecule has 0 amide bonds. The maximum atomic E-state index is 10.3. The van der Waals surface area contributed by atoms with Gasteiger partial charge in [0.1, 0.15) is 0 Å². The average molecular weight is 306 g/mol. The molecule has 0 fully saturated rings. The zero-order valence-electron chi connectivity index (χ0n) is 9.82. The van der Waals surface area contributed by atoms with Crippen molar-refractivity contribution in [1.82, 2.24) is 0 Å². The highest BCUT2D eigenvalue weighted by Crippen LogP contribution is 1.92. The van der Waals surface area contributed by atoms with Crippen LogP contribution in [0.25, 0.3) is 0 Å². The average Bonchev–Trinajstić information content (AvgIpc) is 2.17. The quantitative estimate of drug-likeness (QED) is 0.389. The van der Waals surface area contributed by atoms with E-state index >= 15 is 0 Å². The van der Waals surface area contributed by atoms with E-state index in [4.69, 9.17) is 18.6 Å². The third-order valence-corrected chi connectivity index (χ3v) is 3.36. The van der Waals surface area contributed by atoms with E-state index in [9.17, 15) is 16.8 Å². The second kappa shape index (κ2) is 8.77. The maximum Gasteiger partial charge on any atom is 0.264 e. The van der Waals surface area contributed by atoms with Crippen LogP contribution in [0.5, 0.6) is 0 Å². The summed E-state index contributed by atoms with van der Waals surface area (Å²) in [7, 11) is -7.87. The van der Waals surface area contributed by atoms with Crippen molar-refractivity contribution in [2.75, 3.05) is 37.9 Å². The van der Waals surface area contributed by atoms with Gasteiger partial charge in [0, 0.05) is 13.2 Å². The van der Waals surface area contributed by atoms with Crippen molar-refractivity contribution in [1.29, 1.82) is 0 Å². The fourth-order valence-electron chi connectivity index (χ4n) is 1.01. The second-order valence-electron chi connectivity index (χ2n) is 3.50. The molecule has 10 heteroatoms. The fraction of sp³-hybridized carbons (Fsp3) is 1.00. The van der Waals surface area contributed by atoms with Gasteiger partial charge in [-0.3, -0.25) is 9.11 Å². The van der Waals surface area contributed by atoms with Gasteiger partial charge >= 0.3 is 0 Å². The molecule has 0 spiro atoms. The van der Waals surface area contributed by atoms with Crippen molar-refractivity contribution >= 4 is 20.2 Å². The van der Waals surface area contributed by atoms with E-state index < -0.39 is 20.2 Å². The molecule has 0 unspecified atom stereocenters. The van der Waals surface area contributed by atoms with Crippen molar-refractivity contribution in [3.8, 4) is 0 Å². The minimum Gasteiger partial charge on any atom is -0.379 e. The van der Waals surface area contributed by atoms with Crippen LogP contribution < -0.4 is 0 Å². The van der Waals surface area contributed by atoms with Crippen LogP contribution >= 0.6 is 0 Å². The summed E-state index contributed by atoms with van der Waals surface area (Å²) < 4.78 is 68.1. The second-order valence-corrected chi connectivity index (χ2v) is 6.65. The minimum atomic E-state index is -3.93. The SMILES string of the molecule is O=S(=O)(O)CCCOCCOCCCS(=O)(=O)O. The molecular weight excluding hydrogens is 288 g/mol. The van der Waals surface area contributed by atoms with E-state index in [1.807, 2.05) is 0 Å². The summed E-state index contributed by atoms with van der Waals surface area (Å²) in [5, 5.41) is 0. The zero-order valence-corrected chi connectivity index (χ0v) is 11.5. The molecule has 0 aliphatic rings. The molecular formula is C8H18O8S2. The summed E-state index contributed by atoms with van der Waals surface area (Å²) in [6.45, 7) is 0.872. The van der Waals surface area contributed by atoms with E-state index in [-0.39, 0.29) is 50.8 Å². The van der Waals surface area contributed by atoms with E-state index in [1.54, 1.807) is 0 Å². The van der Waals surface area contributed by atoms with Gasteiger partial charge in [0.05, 0.1) is 24.7 Å². The van der Waals surface area contributed by atoms with Crippen LogP contribution in [0.2, 0.25) is 0 Å². The van der Waals surface area contributed by atoms with Gasteiger partial charge in [0.25, 0.3) is 20.2 Å². The number of rotatable bonds is 11. The topological polar surface area (TPSA) is 127 Å². The van der Waals surface area contributed by atoms with Crippen molar-refractivity contribution < 1.29 is 35.4 Å². The number of hydrogen-bond acceptors (Lipinski definition) is 6. The minimum absolute atomic E-state index is 0.189. The Morgan fingerprint density at radius 1 is 0.667 bits per heavy atom. The highest BCUT2D eigenvalue weighted by Gasteiger charge is 2.04. The molecule has 0 rings (SSSR count). The van der Waals surface area contributed by atoms with Crippen molar-refractivity contribution in [3.05, 3.63) is 0 Å². The predicted molar refractivity (Wildman–Crippen MR) is 63.7 cm³/mol. The molecule has 0 atom stereocenters. The number of hydrogen-bond donors (Lipinski definition) is 2. The summed E-state index contributed by atoms with van der Waals surface area (Å²) in [6.07, 6.45) is 0.392. The molecule has 0 aromatic heterocycles. The van der Waals surface area contributed by atoms with Gasteiger partial charge in [-0.15, -0.1) is 0 Å². The molecule has 0 aliphatic heterocycles. The molecule has 0 saturated heterocycles. The van der Waals surface area contributed by atoms with Crippen molar-refractivity contribution in [3.63, 3.8) is 0 Å². The van der Waals surface area contributed by atoms with Crippen molar-refractivity contribution in [2.24, 2.45) is 0 Å². The molecule has 8 nitrogen and oxygen atoms in total. The molecule has 0 aliphatic carbocycles. The lowest BCUT2D eigenvalue weighted by atomic mass is 10.5. The highest BCUT2D eigenvalue weighted by molar-refractivity contribution is 7.86. The third-order valence-electron chi connectivity index (χ3n) is 1.75. The van der Waals surface area contributed by atoms with E-state index in [2.05, 4.69) is 0 Å². The van der Waals surface area contributed by atoms with Crippen molar-refractivity contribution in [2.45, 2.75) is 12.8 Å². The highest BCUT2D eigenvalue weighted by atomic mass is 32.2. The Kier molecular flexibility index (Phi) is 8.65. The Morgan fingerprint density at radius 2 is 1.00 bits per heavy atom. The first-order valence-corrected chi connectivity index (χ1v) is 8.48. The summed E-state index contributed by atoms with van der Waals surface area (Å²) >= 11 is 0. The molecule has 18 heavy (non-hydrogen) atoms. The van der Waals surface area contributed by atoms with Gasteiger partial charge in [0.2, 0.25) is 0 Å². The van der Waals surface area contributed by atoms with E-state index in [0.29, 0.717) is 0 Å². The zero-order chi connectivity index (χ0) is 14.1. The lowest BCUT2D eigenvalue weighted by Gasteiger charge is -2.04. The maximum absolute atomic E-state index is 10.3. The summed E-state index contributed by atoms with van der Waals surface area (Å²) in [5.74, 6) is -0.690. The Labute approximate surface area is 107 Å². The Hall–Kier alpha value is -0.260. The van der Waals surface area contributed by atoms with Crippen LogP contribution in [0.1, 0.15) is 12.8 Å². The van der Waals surface area contributed by atoms with Gasteiger partial charge in [-0.05, 0) is 12.8 Å². The largest absolute Gasteiger partial charge is 0.379 e.